The van der Waals surface area contributed by atoms with Gasteiger partial charge < -0.3 is 9.88 Å². The Bertz CT molecular complexity index is 1190. The highest BCUT2D eigenvalue weighted by Gasteiger charge is 2.18. The molecule has 1 amide bonds. The number of hydrogen-bond donors (Lipinski definition) is 2. The van der Waals surface area contributed by atoms with Crippen LogP contribution >= 0.6 is 0 Å². The van der Waals surface area contributed by atoms with Crippen LogP contribution in [0.4, 0.5) is 5.69 Å². The summed E-state index contributed by atoms with van der Waals surface area (Å²) in [7, 11) is -3.81. The molecule has 0 saturated heterocycles. The summed E-state index contributed by atoms with van der Waals surface area (Å²) in [6.45, 7) is 3.02. The van der Waals surface area contributed by atoms with Crippen LogP contribution in [0.15, 0.2) is 53.4 Å². The Labute approximate surface area is 181 Å². The molecule has 2 heterocycles. The standard InChI is InChI=1S/C22H25N5O3S/c1-16-9-11-18(12-10-16)26-31(29,30)19-7-5-6-17(14-19)22(28)23-15-21-25-24-20-8-3-2-4-13-27(20)21/h5-7,9-12,14,26H,2-4,8,13,15H2,1H3,(H,23,28). The Morgan fingerprint density at radius 3 is 2.68 bits per heavy atom. The SMILES string of the molecule is Cc1ccc(NS(=O)(=O)c2cccc(C(=O)NCc3nnc4n3CCCCC4)c2)cc1. The minimum absolute atomic E-state index is 0.0251. The number of aryl methyl sites for hydroxylation is 2. The summed E-state index contributed by atoms with van der Waals surface area (Å²) in [6.07, 6.45) is 4.23. The van der Waals surface area contributed by atoms with Crippen molar-refractivity contribution in [1.29, 1.82) is 0 Å². The lowest BCUT2D eigenvalue weighted by Gasteiger charge is -2.11. The summed E-state index contributed by atoms with van der Waals surface area (Å²) in [5.41, 5.74) is 1.77. The molecule has 0 bridgehead atoms. The molecule has 1 aliphatic rings. The quantitative estimate of drug-likeness (QED) is 0.614. The zero-order chi connectivity index (χ0) is 21.8. The minimum Gasteiger partial charge on any atom is -0.345 e. The van der Waals surface area contributed by atoms with Gasteiger partial charge in [-0.3, -0.25) is 9.52 Å². The molecule has 0 radical (unpaired) electrons. The molecular formula is C22H25N5O3S. The van der Waals surface area contributed by atoms with E-state index in [9.17, 15) is 13.2 Å². The van der Waals surface area contributed by atoms with Crippen molar-refractivity contribution in [1.82, 2.24) is 20.1 Å². The van der Waals surface area contributed by atoms with Gasteiger partial charge in [0.05, 0.1) is 11.4 Å². The van der Waals surface area contributed by atoms with Gasteiger partial charge in [0.25, 0.3) is 15.9 Å². The van der Waals surface area contributed by atoms with Crippen LogP contribution in [0, 0.1) is 6.92 Å². The van der Waals surface area contributed by atoms with Crippen LogP contribution in [0.2, 0.25) is 0 Å². The molecule has 9 heteroatoms. The van der Waals surface area contributed by atoms with Crippen molar-refractivity contribution in [3.05, 3.63) is 71.3 Å². The molecule has 0 aliphatic carbocycles. The van der Waals surface area contributed by atoms with E-state index in [1.54, 1.807) is 24.3 Å². The number of nitrogens with zero attached hydrogens (tertiary/aromatic N) is 3. The maximum atomic E-state index is 12.7. The minimum atomic E-state index is -3.81. The fourth-order valence-electron chi connectivity index (χ4n) is 3.58. The van der Waals surface area contributed by atoms with Crippen molar-refractivity contribution in [2.24, 2.45) is 0 Å². The van der Waals surface area contributed by atoms with E-state index in [-0.39, 0.29) is 22.9 Å². The molecule has 2 aromatic carbocycles. The number of rotatable bonds is 6. The lowest BCUT2D eigenvalue weighted by molar-refractivity contribution is 0.0949. The summed E-state index contributed by atoms with van der Waals surface area (Å²) in [6, 6.07) is 13.0. The summed E-state index contributed by atoms with van der Waals surface area (Å²) >= 11 is 0. The second-order valence-electron chi connectivity index (χ2n) is 7.68. The third kappa shape index (κ3) is 4.93. The van der Waals surface area contributed by atoms with Crippen LogP contribution in [-0.4, -0.2) is 29.1 Å². The van der Waals surface area contributed by atoms with E-state index < -0.39 is 10.0 Å². The predicted molar refractivity (Wildman–Crippen MR) is 117 cm³/mol. The van der Waals surface area contributed by atoms with Crippen LogP contribution in [0.1, 0.15) is 46.8 Å². The normalized spacial score (nSPS) is 13.8. The molecular weight excluding hydrogens is 414 g/mol. The van der Waals surface area contributed by atoms with E-state index in [2.05, 4.69) is 24.8 Å². The second-order valence-corrected chi connectivity index (χ2v) is 9.36. The molecule has 162 valence electrons. The van der Waals surface area contributed by atoms with Crippen molar-refractivity contribution in [3.8, 4) is 0 Å². The van der Waals surface area contributed by atoms with E-state index >= 15 is 0 Å². The highest BCUT2D eigenvalue weighted by Crippen LogP contribution is 2.18. The number of fused-ring (bicyclic) bond motifs is 1. The topological polar surface area (TPSA) is 106 Å². The van der Waals surface area contributed by atoms with Crippen LogP contribution in [0.5, 0.6) is 0 Å². The number of nitrogens with one attached hydrogen (secondary N) is 2. The highest BCUT2D eigenvalue weighted by molar-refractivity contribution is 7.92. The first-order valence-electron chi connectivity index (χ1n) is 10.3. The zero-order valence-corrected chi connectivity index (χ0v) is 18.2. The number of amides is 1. The zero-order valence-electron chi connectivity index (χ0n) is 17.3. The lowest BCUT2D eigenvalue weighted by atomic mass is 10.2. The number of sulfonamides is 1. The molecule has 0 atom stereocenters. The van der Waals surface area contributed by atoms with Gasteiger partial charge in [-0.2, -0.15) is 0 Å². The molecule has 1 aromatic heterocycles. The van der Waals surface area contributed by atoms with Crippen LogP contribution in [0.25, 0.3) is 0 Å². The van der Waals surface area contributed by atoms with E-state index in [1.807, 2.05) is 19.1 Å². The third-order valence-electron chi connectivity index (χ3n) is 5.30. The number of hydrogen-bond acceptors (Lipinski definition) is 5. The lowest BCUT2D eigenvalue weighted by Crippen LogP contribution is -2.25. The molecule has 31 heavy (non-hydrogen) atoms. The second kappa shape index (κ2) is 8.89. The van der Waals surface area contributed by atoms with Crippen molar-refractivity contribution in [2.75, 3.05) is 4.72 Å². The molecule has 0 saturated carbocycles. The maximum Gasteiger partial charge on any atom is 0.261 e. The van der Waals surface area contributed by atoms with Gasteiger partial charge in [-0.15, -0.1) is 10.2 Å². The van der Waals surface area contributed by atoms with Crippen LogP contribution in [-0.2, 0) is 29.5 Å². The van der Waals surface area contributed by atoms with Gasteiger partial charge in [-0.05, 0) is 50.1 Å². The van der Waals surface area contributed by atoms with Crippen molar-refractivity contribution < 1.29 is 13.2 Å². The van der Waals surface area contributed by atoms with Gasteiger partial charge in [0.15, 0.2) is 5.82 Å². The number of carbonyl (C=O) groups excluding carboxylic acids is 1. The van der Waals surface area contributed by atoms with Gasteiger partial charge in [0, 0.05) is 24.2 Å². The van der Waals surface area contributed by atoms with Crippen molar-refractivity contribution in [3.63, 3.8) is 0 Å². The molecule has 8 nitrogen and oxygen atoms in total. The molecule has 2 N–H and O–H groups in total. The van der Waals surface area contributed by atoms with E-state index in [0.29, 0.717) is 5.69 Å². The summed E-state index contributed by atoms with van der Waals surface area (Å²) < 4.78 is 30.1. The molecule has 4 rings (SSSR count). The third-order valence-corrected chi connectivity index (χ3v) is 6.68. The smallest absolute Gasteiger partial charge is 0.261 e. The molecule has 1 aliphatic heterocycles. The first-order chi connectivity index (χ1) is 14.9. The van der Waals surface area contributed by atoms with Gasteiger partial charge in [0.1, 0.15) is 5.82 Å². The van der Waals surface area contributed by atoms with Gasteiger partial charge in [-0.1, -0.05) is 30.2 Å². The summed E-state index contributed by atoms with van der Waals surface area (Å²) in [5.74, 6) is 1.31. The Balaban J connectivity index is 1.46. The number of aromatic nitrogens is 3. The average molecular weight is 440 g/mol. The average Bonchev–Trinajstić information content (AvgIpc) is 2.99. The molecule has 0 unspecified atom stereocenters. The van der Waals surface area contributed by atoms with Gasteiger partial charge in [0.2, 0.25) is 0 Å². The Morgan fingerprint density at radius 2 is 1.87 bits per heavy atom. The fourth-order valence-corrected chi connectivity index (χ4v) is 4.68. The fraction of sp³-hybridized carbons (Fsp3) is 0.318. The number of benzene rings is 2. The maximum absolute atomic E-state index is 12.7. The molecule has 0 fully saturated rings. The van der Waals surface area contributed by atoms with Crippen LogP contribution in [0.3, 0.4) is 0 Å². The van der Waals surface area contributed by atoms with E-state index in [4.69, 9.17) is 0 Å². The van der Waals surface area contributed by atoms with Gasteiger partial charge in [-0.25, -0.2) is 8.42 Å². The Morgan fingerprint density at radius 1 is 1.06 bits per heavy atom. The Kier molecular flexibility index (Phi) is 6.03. The number of carbonyl (C=O) groups is 1. The van der Waals surface area contributed by atoms with Crippen molar-refractivity contribution >= 4 is 21.6 Å². The predicted octanol–water partition coefficient (Wildman–Crippen LogP) is 3.04. The van der Waals surface area contributed by atoms with Crippen molar-refractivity contribution in [2.45, 2.75) is 50.6 Å². The molecule has 0 spiro atoms. The molecule has 3 aromatic rings. The first kappa shape index (κ1) is 21.0. The summed E-state index contributed by atoms with van der Waals surface area (Å²) in [5, 5.41) is 11.3. The summed E-state index contributed by atoms with van der Waals surface area (Å²) in [4.78, 5) is 12.7. The van der Waals surface area contributed by atoms with Gasteiger partial charge >= 0.3 is 0 Å². The highest BCUT2D eigenvalue weighted by atomic mass is 32.2. The monoisotopic (exact) mass is 439 g/mol. The van der Waals surface area contributed by atoms with E-state index in [1.165, 1.54) is 12.1 Å². The first-order valence-corrected chi connectivity index (χ1v) is 11.8. The number of anilines is 1. The Hall–Kier alpha value is -3.20. The van der Waals surface area contributed by atoms with E-state index in [0.717, 1.165) is 49.4 Å². The van der Waals surface area contributed by atoms with Crippen LogP contribution < -0.4 is 10.0 Å². The largest absolute Gasteiger partial charge is 0.345 e.